The molecule has 0 saturated carbocycles. The van der Waals surface area contributed by atoms with Crippen LogP contribution in [0.5, 0.6) is 0 Å². The van der Waals surface area contributed by atoms with Crippen LogP contribution in [-0.4, -0.2) is 25.8 Å². The van der Waals surface area contributed by atoms with Crippen molar-refractivity contribution < 1.29 is 5.32 Å². The van der Waals surface area contributed by atoms with E-state index in [1.807, 2.05) is 6.92 Å². The summed E-state index contributed by atoms with van der Waals surface area (Å²) in [6.45, 7) is 1.99. The van der Waals surface area contributed by atoms with Crippen molar-refractivity contribution in [2.45, 2.75) is 12.7 Å². The van der Waals surface area contributed by atoms with Crippen LogP contribution in [0.25, 0.3) is 10.8 Å². The largest absolute Gasteiger partial charge is 0.378 e. The zero-order chi connectivity index (χ0) is 13.0. The lowest BCUT2D eigenvalue weighted by atomic mass is 10.0. The number of rotatable bonds is 1. The Labute approximate surface area is 117 Å². The fraction of sp³-hybridized carbons (Fsp3) is 0.143. The first-order valence-electron chi connectivity index (χ1n) is 6.41. The maximum atomic E-state index is 4.76. The van der Waals surface area contributed by atoms with Gasteiger partial charge in [-0.1, -0.05) is 0 Å². The van der Waals surface area contributed by atoms with E-state index in [0.29, 0.717) is 0 Å². The Morgan fingerprint density at radius 1 is 1.05 bits per heavy atom. The van der Waals surface area contributed by atoms with Crippen molar-refractivity contribution in [2.75, 3.05) is 5.32 Å². The summed E-state index contributed by atoms with van der Waals surface area (Å²) in [6, 6.07) is 8.50. The van der Waals surface area contributed by atoms with Gasteiger partial charge in [-0.15, -0.1) is 5.79 Å². The zero-order valence-corrected chi connectivity index (χ0v) is 12.0. The van der Waals surface area contributed by atoms with E-state index in [0.717, 1.165) is 22.9 Å². The number of benzene rings is 2. The standard InChI is InChI=1S/C13H10N4.CH3.Al/c1-7-16-10-4-2-8-12-9(15-6-14-8)3-5-11(17-7)13(10)12;;/h2-5H,14H2,1H3,(H,16,17);1H3;/q+1;;. The molecule has 2 aliphatic heterocycles. The fourth-order valence-corrected chi connectivity index (χ4v) is 3.39. The number of hydrogen-bond acceptors (Lipinski definition) is 3. The molecule has 0 unspecified atom stereocenters. The summed E-state index contributed by atoms with van der Waals surface area (Å²) in [4.78, 5) is 9.36. The van der Waals surface area contributed by atoms with Gasteiger partial charge in [-0.2, -0.15) is 0 Å². The molecular weight excluding hydrogens is 251 g/mol. The van der Waals surface area contributed by atoms with Gasteiger partial charge in [-0.3, -0.25) is 5.32 Å². The van der Waals surface area contributed by atoms with Crippen molar-refractivity contribution in [3.05, 3.63) is 24.3 Å². The minimum absolute atomic E-state index is 0.243. The smallest absolute Gasteiger partial charge is 0.343 e. The maximum absolute atomic E-state index is 4.76. The predicted molar refractivity (Wildman–Crippen MR) is 80.6 cm³/mol. The zero-order valence-electron chi connectivity index (χ0n) is 10.9. The van der Waals surface area contributed by atoms with Gasteiger partial charge in [-0.25, -0.2) is 9.98 Å². The Morgan fingerprint density at radius 2 is 1.84 bits per heavy atom. The molecule has 91 valence electrons. The number of nitrogens with zero attached hydrogens (tertiary/aromatic N) is 2. The van der Waals surface area contributed by atoms with Crippen LogP contribution in [-0.2, 0) is 0 Å². The molecular formula is C14H13AlN4+. The molecule has 0 saturated heterocycles. The molecule has 5 heteroatoms. The van der Waals surface area contributed by atoms with E-state index in [-0.39, 0.29) is 15.2 Å². The van der Waals surface area contributed by atoms with Crippen LogP contribution in [0.4, 0.5) is 22.7 Å². The third kappa shape index (κ3) is 1.56. The molecule has 0 fully saturated rings. The van der Waals surface area contributed by atoms with Crippen molar-refractivity contribution in [3.8, 4) is 0 Å². The van der Waals surface area contributed by atoms with Gasteiger partial charge >= 0.3 is 15.2 Å². The summed E-state index contributed by atoms with van der Waals surface area (Å²) >= 11 is 0.243. The van der Waals surface area contributed by atoms with Crippen molar-refractivity contribution in [1.29, 1.82) is 0 Å². The number of hydrogen-bond donors (Lipinski definition) is 2. The summed E-state index contributed by atoms with van der Waals surface area (Å²) < 4.78 is 1.22. The summed E-state index contributed by atoms with van der Waals surface area (Å²) in [7, 11) is 0. The predicted octanol–water partition coefficient (Wildman–Crippen LogP) is 2.26. The molecule has 0 spiro atoms. The Hall–Kier alpha value is -1.67. The van der Waals surface area contributed by atoms with Gasteiger partial charge in [0, 0.05) is 17.1 Å². The van der Waals surface area contributed by atoms with Crippen LogP contribution in [0.3, 0.4) is 0 Å². The van der Waals surface area contributed by atoms with Crippen molar-refractivity contribution in [2.24, 2.45) is 9.98 Å². The second-order valence-electron chi connectivity index (χ2n) is 4.85. The highest BCUT2D eigenvalue weighted by atomic mass is 27.1. The van der Waals surface area contributed by atoms with Crippen LogP contribution in [0.2, 0.25) is 5.79 Å². The fourth-order valence-electron chi connectivity index (χ4n) is 2.78. The molecule has 0 bridgehead atoms. The lowest BCUT2D eigenvalue weighted by molar-refractivity contribution is -0.437. The van der Waals surface area contributed by atoms with E-state index < -0.39 is 0 Å². The van der Waals surface area contributed by atoms with Crippen molar-refractivity contribution in [1.82, 2.24) is 0 Å². The molecule has 2 aliphatic rings. The Morgan fingerprint density at radius 3 is 2.68 bits per heavy atom. The van der Waals surface area contributed by atoms with Crippen molar-refractivity contribution in [3.63, 3.8) is 0 Å². The van der Waals surface area contributed by atoms with Gasteiger partial charge < -0.3 is 5.32 Å². The van der Waals surface area contributed by atoms with Gasteiger partial charge in [0.1, 0.15) is 11.5 Å². The van der Waals surface area contributed by atoms with Gasteiger partial charge in [0.15, 0.2) is 0 Å². The van der Waals surface area contributed by atoms with E-state index in [2.05, 4.69) is 45.7 Å². The van der Waals surface area contributed by atoms with Gasteiger partial charge in [0.2, 0.25) is 0 Å². The van der Waals surface area contributed by atoms with Crippen LogP contribution in [0, 0.1) is 0 Å². The molecule has 3 N–H and O–H groups in total. The Balaban J connectivity index is 2.12. The third-order valence-electron chi connectivity index (χ3n) is 3.60. The second kappa shape index (κ2) is 3.91. The van der Waals surface area contributed by atoms with E-state index in [4.69, 9.17) is 4.99 Å². The molecule has 19 heavy (non-hydrogen) atoms. The van der Waals surface area contributed by atoms with Crippen molar-refractivity contribution >= 4 is 59.3 Å². The number of quaternary nitrogens is 1. The molecule has 2 aromatic rings. The second-order valence-corrected chi connectivity index (χ2v) is 6.02. The number of aliphatic imine (C=N–C) groups is 2. The van der Waals surface area contributed by atoms with E-state index in [9.17, 15) is 0 Å². The van der Waals surface area contributed by atoms with Gasteiger partial charge in [0.25, 0.3) is 0 Å². The quantitative estimate of drug-likeness (QED) is 0.602. The first-order chi connectivity index (χ1) is 9.26. The topological polar surface area (TPSA) is 53.4 Å². The summed E-state index contributed by atoms with van der Waals surface area (Å²) in [6.07, 6.45) is 0. The lowest BCUT2D eigenvalue weighted by Crippen LogP contribution is -2.84. The highest BCUT2D eigenvalue weighted by Crippen LogP contribution is 2.43. The molecule has 0 atom stereocenters. The summed E-state index contributed by atoms with van der Waals surface area (Å²) in [5.74, 6) is 3.16. The van der Waals surface area contributed by atoms with Gasteiger partial charge in [0.05, 0.1) is 21.5 Å². The molecule has 4 nitrogen and oxygen atoms in total. The lowest BCUT2D eigenvalue weighted by Gasteiger charge is -2.21. The average molecular weight is 264 g/mol. The molecule has 0 aliphatic carbocycles. The normalized spacial score (nSPS) is 15.7. The summed E-state index contributed by atoms with van der Waals surface area (Å²) in [5.41, 5.74) is 4.53. The average Bonchev–Trinajstić information content (AvgIpc) is 2.43. The molecule has 4 rings (SSSR count). The monoisotopic (exact) mass is 264 g/mol. The minimum Gasteiger partial charge on any atom is -0.343 e. The highest BCUT2D eigenvalue weighted by Gasteiger charge is 2.23. The maximum Gasteiger partial charge on any atom is 0.378 e. The van der Waals surface area contributed by atoms with Crippen LogP contribution in [0.15, 0.2) is 34.3 Å². The highest BCUT2D eigenvalue weighted by molar-refractivity contribution is 6.71. The molecule has 2 aromatic carbocycles. The van der Waals surface area contributed by atoms with E-state index >= 15 is 0 Å². The summed E-state index contributed by atoms with van der Waals surface area (Å²) in [5, 5.41) is 8.00. The van der Waals surface area contributed by atoms with E-state index in [1.165, 1.54) is 21.2 Å². The SMILES string of the molecule is [CH3][Al][C]1=Nc2ccc3c4c(ccc(c24)[NH2+]1)N=C(C)N3. The van der Waals surface area contributed by atoms with Crippen LogP contribution >= 0.6 is 0 Å². The van der Waals surface area contributed by atoms with Crippen LogP contribution in [0.1, 0.15) is 6.92 Å². The van der Waals surface area contributed by atoms with Crippen LogP contribution < -0.4 is 10.6 Å². The minimum atomic E-state index is 0.243. The molecule has 0 amide bonds. The number of nitrogens with one attached hydrogen (secondary N) is 1. The molecule has 1 radical (unpaired) electrons. The molecule has 0 aromatic heterocycles. The first-order valence-corrected chi connectivity index (χ1v) is 8.14. The third-order valence-corrected chi connectivity index (χ3v) is 4.49. The number of anilines is 1. The molecule has 2 heterocycles. The van der Waals surface area contributed by atoms with E-state index in [1.54, 1.807) is 0 Å². The number of amidine groups is 2. The van der Waals surface area contributed by atoms with Gasteiger partial charge in [-0.05, 0) is 25.1 Å². The first kappa shape index (κ1) is 11.2. The Bertz CT molecular complexity index is 777. The number of nitrogens with two attached hydrogens (primary N) is 1. The Kier molecular flexibility index (Phi) is 2.30.